The molecule has 4 atom stereocenters. The van der Waals surface area contributed by atoms with Crippen molar-refractivity contribution in [2.24, 2.45) is 23.7 Å². The van der Waals surface area contributed by atoms with E-state index in [0.717, 1.165) is 6.42 Å². The van der Waals surface area contributed by atoms with Crippen LogP contribution in [0.4, 0.5) is 5.69 Å². The van der Waals surface area contributed by atoms with Gasteiger partial charge in [-0.3, -0.25) is 19.3 Å². The number of anilines is 1. The molecule has 2 amide bonds. The summed E-state index contributed by atoms with van der Waals surface area (Å²) in [6.07, 6.45) is 4.97. The van der Waals surface area contributed by atoms with Gasteiger partial charge in [-0.25, -0.2) is 4.79 Å². The zero-order valence-corrected chi connectivity index (χ0v) is 17.4. The van der Waals surface area contributed by atoms with Gasteiger partial charge in [0.05, 0.1) is 30.2 Å². The first-order valence-corrected chi connectivity index (χ1v) is 10.5. The minimum Gasteiger partial charge on any atom is -0.497 e. The summed E-state index contributed by atoms with van der Waals surface area (Å²) in [7, 11) is 1.53. The lowest BCUT2D eigenvalue weighted by atomic mass is 9.85. The van der Waals surface area contributed by atoms with Crippen LogP contribution < -0.4 is 9.64 Å². The number of methoxy groups -OCH3 is 1. The van der Waals surface area contributed by atoms with Gasteiger partial charge in [0.2, 0.25) is 11.8 Å². The molecule has 0 spiro atoms. The number of carbonyl (C=O) groups excluding carboxylic acids is 4. The summed E-state index contributed by atoms with van der Waals surface area (Å²) in [6.45, 7) is -0.394. The highest BCUT2D eigenvalue weighted by molar-refractivity contribution is 6.22. The topological polar surface area (TPSA) is 90.0 Å². The number of carbonyl (C=O) groups is 4. The summed E-state index contributed by atoms with van der Waals surface area (Å²) >= 11 is 0. The van der Waals surface area contributed by atoms with Crippen LogP contribution in [-0.4, -0.2) is 37.3 Å². The number of fused-ring (bicyclic) bond motifs is 5. The number of ketones is 1. The Morgan fingerprint density at radius 3 is 2.00 bits per heavy atom. The third-order valence-electron chi connectivity index (χ3n) is 6.58. The largest absolute Gasteiger partial charge is 0.497 e. The summed E-state index contributed by atoms with van der Waals surface area (Å²) in [4.78, 5) is 51.6. The monoisotopic (exact) mass is 431 g/mol. The number of rotatable bonds is 6. The molecule has 2 aromatic carbocycles. The molecule has 0 aromatic heterocycles. The van der Waals surface area contributed by atoms with Crippen molar-refractivity contribution in [3.8, 4) is 5.75 Å². The fourth-order valence-corrected chi connectivity index (χ4v) is 4.98. The normalized spacial score (nSPS) is 25.2. The highest BCUT2D eigenvalue weighted by atomic mass is 16.5. The molecule has 1 heterocycles. The van der Waals surface area contributed by atoms with E-state index >= 15 is 0 Å². The van der Waals surface area contributed by atoms with Gasteiger partial charge in [0.25, 0.3) is 0 Å². The summed E-state index contributed by atoms with van der Waals surface area (Å²) in [5.74, 6) is -0.960. The Hall–Kier alpha value is -3.74. The number of hydrogen-bond acceptors (Lipinski definition) is 6. The first kappa shape index (κ1) is 20.2. The average Bonchev–Trinajstić information content (AvgIpc) is 3.51. The van der Waals surface area contributed by atoms with E-state index in [9.17, 15) is 19.2 Å². The van der Waals surface area contributed by atoms with Crippen LogP contribution in [0.1, 0.15) is 27.1 Å². The van der Waals surface area contributed by atoms with Crippen LogP contribution in [0.3, 0.4) is 0 Å². The van der Waals surface area contributed by atoms with E-state index in [0.29, 0.717) is 17.0 Å². The Morgan fingerprint density at radius 2 is 1.44 bits per heavy atom. The van der Waals surface area contributed by atoms with E-state index in [1.54, 1.807) is 36.4 Å². The van der Waals surface area contributed by atoms with Crippen LogP contribution in [0.15, 0.2) is 60.7 Å². The number of esters is 1. The molecule has 2 aliphatic carbocycles. The second kappa shape index (κ2) is 7.75. The molecule has 7 heteroatoms. The van der Waals surface area contributed by atoms with Crippen LogP contribution in [0.2, 0.25) is 0 Å². The van der Waals surface area contributed by atoms with Crippen LogP contribution in [-0.2, 0) is 14.3 Å². The van der Waals surface area contributed by atoms with Gasteiger partial charge >= 0.3 is 5.97 Å². The van der Waals surface area contributed by atoms with Gasteiger partial charge in [-0.2, -0.15) is 0 Å². The lowest BCUT2D eigenvalue weighted by Crippen LogP contribution is -2.32. The van der Waals surface area contributed by atoms with E-state index in [-0.39, 0.29) is 46.8 Å². The SMILES string of the molecule is COc1ccc(C(=O)COC(=O)c2ccc(N3C(=O)C4C5C=CC(C5)C4C3=O)cc2)cc1. The van der Waals surface area contributed by atoms with Crippen molar-refractivity contribution in [1.82, 2.24) is 0 Å². The zero-order valence-electron chi connectivity index (χ0n) is 17.4. The number of benzene rings is 2. The predicted molar refractivity (Wildman–Crippen MR) is 114 cm³/mol. The number of ether oxygens (including phenoxy) is 2. The van der Waals surface area contributed by atoms with E-state index in [1.165, 1.54) is 24.1 Å². The number of imide groups is 1. The van der Waals surface area contributed by atoms with Crippen molar-refractivity contribution >= 4 is 29.3 Å². The molecule has 2 aromatic rings. The molecule has 7 nitrogen and oxygen atoms in total. The maximum absolute atomic E-state index is 12.9. The Morgan fingerprint density at radius 1 is 0.875 bits per heavy atom. The lowest BCUT2D eigenvalue weighted by Gasteiger charge is -2.17. The molecule has 32 heavy (non-hydrogen) atoms. The van der Waals surface area contributed by atoms with Crippen LogP contribution in [0.25, 0.3) is 0 Å². The molecule has 1 saturated heterocycles. The van der Waals surface area contributed by atoms with Crippen LogP contribution >= 0.6 is 0 Å². The van der Waals surface area contributed by atoms with E-state index in [4.69, 9.17) is 9.47 Å². The van der Waals surface area contributed by atoms with Crippen molar-refractivity contribution in [2.75, 3.05) is 18.6 Å². The minimum absolute atomic E-state index is 0.143. The Balaban J connectivity index is 1.23. The van der Waals surface area contributed by atoms with Crippen molar-refractivity contribution < 1.29 is 28.7 Å². The molecular weight excluding hydrogens is 410 g/mol. The molecule has 2 fully saturated rings. The molecule has 0 radical (unpaired) electrons. The van der Waals surface area contributed by atoms with Gasteiger partial charge in [0, 0.05) is 5.56 Å². The predicted octanol–water partition coefficient (Wildman–Crippen LogP) is 3.05. The molecule has 3 aliphatic rings. The van der Waals surface area contributed by atoms with Gasteiger partial charge in [-0.05, 0) is 66.8 Å². The molecule has 0 N–H and O–H groups in total. The van der Waals surface area contributed by atoms with Crippen molar-refractivity contribution in [3.63, 3.8) is 0 Å². The molecule has 162 valence electrons. The second-order valence-electron chi connectivity index (χ2n) is 8.29. The van der Waals surface area contributed by atoms with Gasteiger partial charge in [-0.15, -0.1) is 0 Å². The number of Topliss-reactive ketones (excluding diaryl/α,β-unsaturated/α-hetero) is 1. The molecule has 2 bridgehead atoms. The third-order valence-corrected chi connectivity index (χ3v) is 6.58. The molecule has 1 aliphatic heterocycles. The maximum atomic E-state index is 12.9. The fraction of sp³-hybridized carbons (Fsp3) is 0.280. The molecule has 1 saturated carbocycles. The summed E-state index contributed by atoms with van der Waals surface area (Å²) < 4.78 is 10.2. The quantitative estimate of drug-likeness (QED) is 0.302. The van der Waals surface area contributed by atoms with Gasteiger partial charge in [0.15, 0.2) is 12.4 Å². The van der Waals surface area contributed by atoms with Gasteiger partial charge in [0.1, 0.15) is 5.75 Å². The first-order valence-electron chi connectivity index (χ1n) is 10.5. The van der Waals surface area contributed by atoms with Crippen molar-refractivity contribution in [1.29, 1.82) is 0 Å². The van der Waals surface area contributed by atoms with Crippen LogP contribution in [0, 0.1) is 23.7 Å². The Labute approximate surface area is 184 Å². The Bertz CT molecular complexity index is 1100. The van der Waals surface area contributed by atoms with E-state index < -0.39 is 12.6 Å². The average molecular weight is 431 g/mol. The highest BCUT2D eigenvalue weighted by Crippen LogP contribution is 2.53. The number of amides is 2. The smallest absolute Gasteiger partial charge is 0.338 e. The third kappa shape index (κ3) is 3.21. The molecule has 5 rings (SSSR count). The number of allylic oxidation sites excluding steroid dienone is 2. The summed E-state index contributed by atoms with van der Waals surface area (Å²) in [5.41, 5.74) is 1.09. The standard InChI is InChI=1S/C25H21NO6/c1-31-19-10-6-14(7-11-19)20(27)13-32-25(30)15-4-8-18(9-5-15)26-23(28)21-16-2-3-17(12-16)22(21)24(26)29/h2-11,16-17,21-22H,12-13H2,1H3. The van der Waals surface area contributed by atoms with E-state index in [2.05, 4.69) is 0 Å². The number of nitrogens with zero attached hydrogens (tertiary/aromatic N) is 1. The maximum Gasteiger partial charge on any atom is 0.338 e. The van der Waals surface area contributed by atoms with Gasteiger partial charge < -0.3 is 9.47 Å². The number of hydrogen-bond donors (Lipinski definition) is 0. The molecule has 4 unspecified atom stereocenters. The summed E-state index contributed by atoms with van der Waals surface area (Å²) in [6, 6.07) is 12.6. The van der Waals surface area contributed by atoms with E-state index in [1.807, 2.05) is 12.2 Å². The highest BCUT2D eigenvalue weighted by Gasteiger charge is 2.59. The molecular formula is C25H21NO6. The van der Waals surface area contributed by atoms with Crippen molar-refractivity contribution in [3.05, 3.63) is 71.8 Å². The summed E-state index contributed by atoms with van der Waals surface area (Å²) in [5, 5.41) is 0. The fourth-order valence-electron chi connectivity index (χ4n) is 4.98. The van der Waals surface area contributed by atoms with Crippen molar-refractivity contribution in [2.45, 2.75) is 6.42 Å². The zero-order chi connectivity index (χ0) is 22.4. The van der Waals surface area contributed by atoms with Gasteiger partial charge in [-0.1, -0.05) is 12.2 Å². The minimum atomic E-state index is -0.656. The second-order valence-corrected chi connectivity index (χ2v) is 8.29. The Kier molecular flexibility index (Phi) is 4.89. The first-order chi connectivity index (χ1) is 15.5. The lowest BCUT2D eigenvalue weighted by molar-refractivity contribution is -0.123. The van der Waals surface area contributed by atoms with Crippen LogP contribution in [0.5, 0.6) is 5.75 Å².